The highest BCUT2D eigenvalue weighted by molar-refractivity contribution is 7.99. The number of ether oxygens (including phenoxy) is 1. The minimum atomic E-state index is 0.165. The number of hydrogen-bond donors (Lipinski definition) is 1. The van der Waals surface area contributed by atoms with Gasteiger partial charge in [0.1, 0.15) is 6.33 Å². The molecular weight excluding hydrogens is 290 g/mol. The molecule has 0 unspecified atom stereocenters. The standard InChI is InChI=1S/C9H10ClN7OS/c10-6-13-7(17-1-3-18-4-2-17)15-9(14-6)19-8-11-5-12-16-8/h5H,1-4H2,(H,11,12,16). The summed E-state index contributed by atoms with van der Waals surface area (Å²) in [6.45, 7) is 2.81. The molecule has 0 radical (unpaired) electrons. The summed E-state index contributed by atoms with van der Waals surface area (Å²) < 4.78 is 5.29. The Balaban J connectivity index is 1.82. The van der Waals surface area contributed by atoms with E-state index in [4.69, 9.17) is 16.3 Å². The lowest BCUT2D eigenvalue weighted by Gasteiger charge is -2.26. The quantitative estimate of drug-likeness (QED) is 0.882. The maximum Gasteiger partial charge on any atom is 0.230 e. The molecule has 0 spiro atoms. The Morgan fingerprint density at radius 2 is 2.11 bits per heavy atom. The van der Waals surface area contributed by atoms with E-state index in [2.05, 4.69) is 30.1 Å². The number of hydrogen-bond acceptors (Lipinski definition) is 8. The predicted molar refractivity (Wildman–Crippen MR) is 68.4 cm³/mol. The Morgan fingerprint density at radius 3 is 2.84 bits per heavy atom. The zero-order valence-electron chi connectivity index (χ0n) is 9.78. The summed E-state index contributed by atoms with van der Waals surface area (Å²) in [6, 6.07) is 0. The lowest BCUT2D eigenvalue weighted by atomic mass is 10.4. The van der Waals surface area contributed by atoms with Gasteiger partial charge in [0.15, 0.2) is 5.16 Å². The van der Waals surface area contributed by atoms with Gasteiger partial charge >= 0.3 is 0 Å². The van der Waals surface area contributed by atoms with E-state index in [-0.39, 0.29) is 5.28 Å². The van der Waals surface area contributed by atoms with Gasteiger partial charge in [-0.3, -0.25) is 5.10 Å². The molecule has 0 aliphatic carbocycles. The van der Waals surface area contributed by atoms with Crippen LogP contribution in [0.2, 0.25) is 5.28 Å². The van der Waals surface area contributed by atoms with Crippen molar-refractivity contribution >= 4 is 29.3 Å². The Hall–Kier alpha value is -1.45. The smallest absolute Gasteiger partial charge is 0.230 e. The minimum absolute atomic E-state index is 0.165. The van der Waals surface area contributed by atoms with Gasteiger partial charge in [-0.2, -0.15) is 20.1 Å². The Kier molecular flexibility index (Phi) is 3.76. The second-order valence-electron chi connectivity index (χ2n) is 3.68. The van der Waals surface area contributed by atoms with Crippen LogP contribution in [0.4, 0.5) is 5.95 Å². The molecule has 0 atom stereocenters. The van der Waals surface area contributed by atoms with E-state index < -0.39 is 0 Å². The molecule has 1 saturated heterocycles. The minimum Gasteiger partial charge on any atom is -0.378 e. The maximum absolute atomic E-state index is 5.93. The van der Waals surface area contributed by atoms with Gasteiger partial charge in [-0.25, -0.2) is 4.98 Å². The van der Waals surface area contributed by atoms with Crippen molar-refractivity contribution in [3.05, 3.63) is 11.6 Å². The van der Waals surface area contributed by atoms with Crippen LogP contribution in [-0.2, 0) is 4.74 Å². The molecule has 1 aliphatic rings. The number of H-pyrrole nitrogens is 1. The second kappa shape index (κ2) is 5.68. The fraction of sp³-hybridized carbons (Fsp3) is 0.444. The van der Waals surface area contributed by atoms with Crippen molar-refractivity contribution in [3.63, 3.8) is 0 Å². The maximum atomic E-state index is 5.93. The molecule has 19 heavy (non-hydrogen) atoms. The van der Waals surface area contributed by atoms with Gasteiger partial charge in [0.05, 0.1) is 13.2 Å². The Labute approximate surface area is 118 Å². The summed E-state index contributed by atoms with van der Waals surface area (Å²) >= 11 is 7.18. The third-order valence-electron chi connectivity index (χ3n) is 2.45. The van der Waals surface area contributed by atoms with E-state index in [0.29, 0.717) is 29.5 Å². The lowest BCUT2D eigenvalue weighted by molar-refractivity contribution is 0.122. The van der Waals surface area contributed by atoms with Gasteiger partial charge in [0.25, 0.3) is 0 Å². The molecule has 8 nitrogen and oxygen atoms in total. The van der Waals surface area contributed by atoms with E-state index in [1.165, 1.54) is 18.1 Å². The molecule has 100 valence electrons. The number of rotatable bonds is 3. The van der Waals surface area contributed by atoms with E-state index in [9.17, 15) is 0 Å². The SMILES string of the molecule is Clc1nc(Sc2ncn[nH]2)nc(N2CCOCC2)n1. The van der Waals surface area contributed by atoms with Crippen LogP contribution in [0.1, 0.15) is 0 Å². The average molecular weight is 300 g/mol. The van der Waals surface area contributed by atoms with Crippen molar-refractivity contribution in [1.82, 2.24) is 30.1 Å². The van der Waals surface area contributed by atoms with Gasteiger partial charge in [0.2, 0.25) is 16.4 Å². The zero-order valence-corrected chi connectivity index (χ0v) is 11.4. The molecule has 3 heterocycles. The largest absolute Gasteiger partial charge is 0.378 e. The molecular formula is C9H10ClN7OS. The molecule has 1 aliphatic heterocycles. The van der Waals surface area contributed by atoms with Gasteiger partial charge < -0.3 is 9.64 Å². The molecule has 0 amide bonds. The molecule has 2 aromatic heterocycles. The molecule has 2 aromatic rings. The summed E-state index contributed by atoms with van der Waals surface area (Å²) in [5.74, 6) is 0.560. The van der Waals surface area contributed by atoms with Crippen molar-refractivity contribution in [1.29, 1.82) is 0 Å². The van der Waals surface area contributed by atoms with Gasteiger partial charge in [-0.1, -0.05) is 0 Å². The lowest BCUT2D eigenvalue weighted by Crippen LogP contribution is -2.37. The van der Waals surface area contributed by atoms with E-state index in [1.807, 2.05) is 4.90 Å². The van der Waals surface area contributed by atoms with Crippen molar-refractivity contribution in [2.45, 2.75) is 10.3 Å². The van der Waals surface area contributed by atoms with Gasteiger partial charge in [-0.05, 0) is 23.4 Å². The third kappa shape index (κ3) is 3.11. The Bertz CT molecular complexity index is 546. The molecule has 1 fully saturated rings. The van der Waals surface area contributed by atoms with Crippen LogP contribution in [0.3, 0.4) is 0 Å². The van der Waals surface area contributed by atoms with Gasteiger partial charge in [-0.15, -0.1) is 0 Å². The van der Waals surface area contributed by atoms with E-state index in [0.717, 1.165) is 13.1 Å². The molecule has 10 heteroatoms. The van der Waals surface area contributed by atoms with Crippen LogP contribution in [0.15, 0.2) is 16.6 Å². The van der Waals surface area contributed by atoms with E-state index in [1.54, 1.807) is 0 Å². The highest BCUT2D eigenvalue weighted by Crippen LogP contribution is 2.23. The first-order valence-electron chi connectivity index (χ1n) is 5.59. The topological polar surface area (TPSA) is 92.7 Å². The number of aromatic amines is 1. The highest BCUT2D eigenvalue weighted by Gasteiger charge is 2.16. The van der Waals surface area contributed by atoms with Crippen LogP contribution in [0.25, 0.3) is 0 Å². The molecule has 0 aromatic carbocycles. The number of aromatic nitrogens is 6. The molecule has 0 bridgehead atoms. The summed E-state index contributed by atoms with van der Waals surface area (Å²) in [6.07, 6.45) is 1.42. The van der Waals surface area contributed by atoms with Crippen molar-refractivity contribution in [2.75, 3.05) is 31.2 Å². The summed E-state index contributed by atoms with van der Waals surface area (Å²) in [7, 11) is 0. The van der Waals surface area contributed by atoms with Gasteiger partial charge in [0, 0.05) is 13.1 Å². The summed E-state index contributed by atoms with van der Waals surface area (Å²) in [5, 5.41) is 7.75. The fourth-order valence-electron chi connectivity index (χ4n) is 1.60. The zero-order chi connectivity index (χ0) is 13.1. The predicted octanol–water partition coefficient (Wildman–Crippen LogP) is 0.631. The summed E-state index contributed by atoms with van der Waals surface area (Å²) in [5.41, 5.74) is 0. The van der Waals surface area contributed by atoms with Crippen LogP contribution < -0.4 is 4.90 Å². The number of nitrogens with zero attached hydrogens (tertiary/aromatic N) is 6. The molecule has 1 N–H and O–H groups in total. The average Bonchev–Trinajstić information content (AvgIpc) is 2.92. The number of nitrogens with one attached hydrogen (secondary N) is 1. The normalized spacial score (nSPS) is 15.7. The molecule has 0 saturated carbocycles. The van der Waals surface area contributed by atoms with Crippen molar-refractivity contribution < 1.29 is 4.74 Å². The first-order valence-corrected chi connectivity index (χ1v) is 6.78. The number of halogens is 1. The van der Waals surface area contributed by atoms with Crippen LogP contribution in [0, 0.1) is 0 Å². The first kappa shape index (κ1) is 12.6. The van der Waals surface area contributed by atoms with Crippen molar-refractivity contribution in [2.24, 2.45) is 0 Å². The summed E-state index contributed by atoms with van der Waals surface area (Å²) in [4.78, 5) is 18.6. The monoisotopic (exact) mass is 299 g/mol. The van der Waals surface area contributed by atoms with Crippen LogP contribution in [-0.4, -0.2) is 56.4 Å². The second-order valence-corrected chi connectivity index (χ2v) is 4.97. The molecule has 3 rings (SSSR count). The van der Waals surface area contributed by atoms with E-state index >= 15 is 0 Å². The Morgan fingerprint density at radius 1 is 1.26 bits per heavy atom. The highest BCUT2D eigenvalue weighted by atomic mass is 35.5. The number of anilines is 1. The number of morpholine rings is 1. The fourth-order valence-corrected chi connectivity index (χ4v) is 2.44. The van der Waals surface area contributed by atoms with Crippen LogP contribution >= 0.6 is 23.4 Å². The van der Waals surface area contributed by atoms with Crippen LogP contribution in [0.5, 0.6) is 0 Å². The van der Waals surface area contributed by atoms with Crippen molar-refractivity contribution in [3.8, 4) is 0 Å². The third-order valence-corrected chi connectivity index (χ3v) is 3.37. The first-order chi connectivity index (χ1) is 9.31.